The highest BCUT2D eigenvalue weighted by atomic mass is 79.9. The molecule has 0 radical (unpaired) electrons. The number of rotatable bonds is 2. The maximum absolute atomic E-state index is 12.1. The summed E-state index contributed by atoms with van der Waals surface area (Å²) in [4.78, 5) is 21.3. The number of hydrogen-bond donors (Lipinski definition) is 0. The van der Waals surface area contributed by atoms with Gasteiger partial charge in [-0.3, -0.25) is 14.7 Å². The number of carbonyl (C=O) groups excluding carboxylic acids is 1. The van der Waals surface area contributed by atoms with Crippen molar-refractivity contribution < 1.29 is 4.79 Å². The van der Waals surface area contributed by atoms with Crippen LogP contribution in [0.3, 0.4) is 0 Å². The number of piperazine rings is 1. The van der Waals surface area contributed by atoms with Crippen LogP contribution in [0.1, 0.15) is 41.8 Å². The molecule has 0 saturated carbocycles. The zero-order valence-electron chi connectivity index (χ0n) is 15.4. The Bertz CT molecular complexity index is 811. The van der Waals surface area contributed by atoms with Crippen molar-refractivity contribution in [2.24, 2.45) is 0 Å². The minimum Gasteiger partial charge on any atom is -0.340 e. The summed E-state index contributed by atoms with van der Waals surface area (Å²) in [5.41, 5.74) is 5.01. The molecule has 2 aliphatic rings. The Balaban J connectivity index is 1.72. The molecule has 1 fully saturated rings. The molecule has 4 rings (SSSR count). The van der Waals surface area contributed by atoms with Crippen LogP contribution in [0.4, 0.5) is 0 Å². The van der Waals surface area contributed by atoms with Gasteiger partial charge in [-0.1, -0.05) is 24.6 Å². The summed E-state index contributed by atoms with van der Waals surface area (Å²) in [5, 5.41) is 0.783. The van der Waals surface area contributed by atoms with Gasteiger partial charge in [-0.2, -0.15) is 0 Å². The number of amides is 1. The summed E-state index contributed by atoms with van der Waals surface area (Å²) in [6.45, 7) is 5.19. The second-order valence-corrected chi connectivity index (χ2v) is 8.57. The van der Waals surface area contributed by atoms with Crippen LogP contribution in [0.15, 0.2) is 34.9 Å². The fraction of sp³-hybridized carbons (Fsp3) is 0.429. The smallest absolute Gasteiger partial charge is 0.222 e. The molecule has 6 heteroatoms. The molecule has 1 amide bonds. The Morgan fingerprint density at radius 3 is 2.67 bits per heavy atom. The number of aryl methyl sites for hydroxylation is 2. The van der Waals surface area contributed by atoms with Gasteiger partial charge in [0, 0.05) is 48.3 Å². The third kappa shape index (κ3) is 3.78. The molecule has 1 aromatic heterocycles. The van der Waals surface area contributed by atoms with Crippen molar-refractivity contribution in [3.63, 3.8) is 0 Å². The van der Waals surface area contributed by atoms with E-state index >= 15 is 0 Å². The minimum absolute atomic E-state index is 0.113. The van der Waals surface area contributed by atoms with E-state index in [0.717, 1.165) is 54.2 Å². The number of benzene rings is 1. The average molecular weight is 449 g/mol. The van der Waals surface area contributed by atoms with E-state index in [2.05, 4.69) is 39.0 Å². The normalized spacial score (nSPS) is 20.0. The average Bonchev–Trinajstić information content (AvgIpc) is 2.83. The van der Waals surface area contributed by atoms with Crippen molar-refractivity contribution in [2.45, 2.75) is 32.2 Å². The van der Waals surface area contributed by atoms with E-state index < -0.39 is 0 Å². The lowest BCUT2D eigenvalue weighted by Crippen LogP contribution is -2.50. The summed E-state index contributed by atoms with van der Waals surface area (Å²) < 4.78 is 1.02. The Labute approximate surface area is 173 Å². The zero-order chi connectivity index (χ0) is 19.0. The number of fused-ring (bicyclic) bond motifs is 2. The quantitative estimate of drug-likeness (QED) is 0.689. The fourth-order valence-corrected chi connectivity index (χ4v) is 4.81. The first-order valence-corrected chi connectivity index (χ1v) is 10.7. The highest BCUT2D eigenvalue weighted by Crippen LogP contribution is 2.37. The third-order valence-corrected chi connectivity index (χ3v) is 6.29. The van der Waals surface area contributed by atoms with Gasteiger partial charge in [0.1, 0.15) is 0 Å². The maximum Gasteiger partial charge on any atom is 0.222 e. The van der Waals surface area contributed by atoms with Gasteiger partial charge in [0.05, 0.1) is 11.7 Å². The van der Waals surface area contributed by atoms with E-state index in [4.69, 9.17) is 16.6 Å². The van der Waals surface area contributed by atoms with Crippen LogP contribution in [0.5, 0.6) is 0 Å². The minimum atomic E-state index is 0.113. The zero-order valence-corrected chi connectivity index (χ0v) is 17.8. The highest BCUT2D eigenvalue weighted by molar-refractivity contribution is 9.10. The van der Waals surface area contributed by atoms with Crippen LogP contribution < -0.4 is 0 Å². The van der Waals surface area contributed by atoms with Crippen molar-refractivity contribution in [1.29, 1.82) is 0 Å². The summed E-state index contributed by atoms with van der Waals surface area (Å²) in [7, 11) is 0. The summed E-state index contributed by atoms with van der Waals surface area (Å²) in [5.74, 6) is 0.241. The molecule has 1 aliphatic carbocycles. The lowest BCUT2D eigenvalue weighted by atomic mass is 9.96. The number of hydrogen-bond acceptors (Lipinski definition) is 3. The van der Waals surface area contributed by atoms with Gasteiger partial charge in [0.2, 0.25) is 5.91 Å². The van der Waals surface area contributed by atoms with Gasteiger partial charge in [-0.25, -0.2) is 0 Å². The number of pyridine rings is 1. The lowest BCUT2D eigenvalue weighted by Gasteiger charge is -2.39. The largest absolute Gasteiger partial charge is 0.340 e. The SMILES string of the molecule is CCC(=O)N1CCN([C@@H]2c3ccc(Cl)cc3CCc3cc(Br)cnc32)CC1. The first kappa shape index (κ1) is 18.9. The molecular weight excluding hydrogens is 426 g/mol. The second kappa shape index (κ2) is 7.90. The van der Waals surface area contributed by atoms with Gasteiger partial charge in [-0.05, 0) is 63.7 Å². The molecule has 2 aromatic rings. The van der Waals surface area contributed by atoms with E-state index in [-0.39, 0.29) is 11.9 Å². The molecular formula is C21H23BrClN3O. The molecule has 1 aliphatic heterocycles. The van der Waals surface area contributed by atoms with Crippen LogP contribution in [-0.2, 0) is 17.6 Å². The van der Waals surface area contributed by atoms with Crippen molar-refractivity contribution in [3.8, 4) is 0 Å². The predicted molar refractivity (Wildman–Crippen MR) is 111 cm³/mol. The van der Waals surface area contributed by atoms with Gasteiger partial charge in [0.25, 0.3) is 0 Å². The number of carbonyl (C=O) groups is 1. The maximum atomic E-state index is 12.1. The molecule has 1 saturated heterocycles. The molecule has 0 unspecified atom stereocenters. The van der Waals surface area contributed by atoms with E-state index in [1.54, 1.807) is 0 Å². The standard InChI is InChI=1S/C21H23BrClN3O/c1-2-19(27)25-7-9-26(10-8-25)21-18-6-5-17(23)12-14(18)3-4-15-11-16(22)13-24-20(15)21/h5-6,11-13,21H,2-4,7-10H2,1H3/t21-/m1/s1. The van der Waals surface area contributed by atoms with Crippen molar-refractivity contribution in [3.05, 3.63) is 62.3 Å². The fourth-order valence-electron chi connectivity index (χ4n) is 4.24. The van der Waals surface area contributed by atoms with Crippen LogP contribution in [0.25, 0.3) is 0 Å². The molecule has 1 atom stereocenters. The van der Waals surface area contributed by atoms with Gasteiger partial charge < -0.3 is 4.90 Å². The Kier molecular flexibility index (Phi) is 5.53. The molecule has 1 aromatic carbocycles. The van der Waals surface area contributed by atoms with E-state index in [9.17, 15) is 4.79 Å². The highest BCUT2D eigenvalue weighted by Gasteiger charge is 2.33. The summed E-state index contributed by atoms with van der Waals surface area (Å²) >= 11 is 9.86. The molecule has 27 heavy (non-hydrogen) atoms. The molecule has 142 valence electrons. The first-order chi connectivity index (χ1) is 13.1. The summed E-state index contributed by atoms with van der Waals surface area (Å²) in [6, 6.07) is 8.54. The second-order valence-electron chi connectivity index (χ2n) is 7.21. The van der Waals surface area contributed by atoms with Crippen LogP contribution >= 0.6 is 27.5 Å². The van der Waals surface area contributed by atoms with E-state index in [1.165, 1.54) is 16.7 Å². The van der Waals surface area contributed by atoms with E-state index in [1.807, 2.05) is 24.1 Å². The Hall–Kier alpha value is -1.43. The molecule has 0 N–H and O–H groups in total. The van der Waals surface area contributed by atoms with Gasteiger partial charge >= 0.3 is 0 Å². The monoisotopic (exact) mass is 447 g/mol. The van der Waals surface area contributed by atoms with Crippen LogP contribution in [-0.4, -0.2) is 46.9 Å². The first-order valence-electron chi connectivity index (χ1n) is 9.51. The number of halogens is 2. The molecule has 2 heterocycles. The summed E-state index contributed by atoms with van der Waals surface area (Å²) in [6.07, 6.45) is 4.39. The van der Waals surface area contributed by atoms with Crippen LogP contribution in [0, 0.1) is 0 Å². The van der Waals surface area contributed by atoms with Crippen molar-refractivity contribution in [2.75, 3.05) is 26.2 Å². The Morgan fingerprint density at radius 1 is 1.19 bits per heavy atom. The molecule has 0 bridgehead atoms. The van der Waals surface area contributed by atoms with Crippen molar-refractivity contribution >= 4 is 33.4 Å². The topological polar surface area (TPSA) is 36.4 Å². The molecule has 4 nitrogen and oxygen atoms in total. The van der Waals surface area contributed by atoms with Crippen LogP contribution in [0.2, 0.25) is 5.02 Å². The predicted octanol–water partition coefficient (Wildman–Crippen LogP) is 4.24. The third-order valence-electron chi connectivity index (χ3n) is 5.62. The number of nitrogens with zero attached hydrogens (tertiary/aromatic N) is 3. The van der Waals surface area contributed by atoms with Gasteiger partial charge in [-0.15, -0.1) is 0 Å². The van der Waals surface area contributed by atoms with Crippen molar-refractivity contribution in [1.82, 2.24) is 14.8 Å². The lowest BCUT2D eigenvalue weighted by molar-refractivity contribution is -0.132. The van der Waals surface area contributed by atoms with E-state index in [0.29, 0.717) is 6.42 Å². The number of aromatic nitrogens is 1. The Morgan fingerprint density at radius 2 is 1.93 bits per heavy atom. The van der Waals surface area contributed by atoms with Gasteiger partial charge in [0.15, 0.2) is 0 Å². The molecule has 0 spiro atoms.